The Balaban J connectivity index is 1.41. The van der Waals surface area contributed by atoms with Crippen LogP contribution in [0.25, 0.3) is 0 Å². The Hall–Kier alpha value is -3.19. The van der Waals surface area contributed by atoms with Gasteiger partial charge in [0.2, 0.25) is 0 Å². The number of nitrogens with zero attached hydrogens (tertiary/aromatic N) is 1. The van der Waals surface area contributed by atoms with Gasteiger partial charge in [-0.2, -0.15) is 5.10 Å². The number of nitrogens with one attached hydrogen (secondary N) is 1. The summed E-state index contributed by atoms with van der Waals surface area (Å²) in [6.45, 7) is 0.220. The van der Waals surface area contributed by atoms with E-state index >= 15 is 0 Å². The van der Waals surface area contributed by atoms with Gasteiger partial charge < -0.3 is 9.47 Å². The number of carbonyl (C=O) groups is 1. The normalized spacial score (nSPS) is 10.7. The number of rotatable bonds is 8. The van der Waals surface area contributed by atoms with Crippen LogP contribution in [-0.2, 0) is 11.4 Å². The minimum Gasteiger partial charge on any atom is -0.489 e. The summed E-state index contributed by atoms with van der Waals surface area (Å²) in [4.78, 5) is 11.8. The molecule has 0 fully saturated rings. The Bertz CT molecular complexity index is 959. The molecule has 0 radical (unpaired) electrons. The number of hydrogen-bond acceptors (Lipinski definition) is 4. The molecule has 1 N–H and O–H groups in total. The third-order valence-electron chi connectivity index (χ3n) is 3.79. The van der Waals surface area contributed by atoms with Gasteiger partial charge in [0.1, 0.15) is 23.9 Å². The van der Waals surface area contributed by atoms with Crippen LogP contribution in [0.2, 0.25) is 0 Å². The minimum absolute atomic E-state index is 0.130. The highest BCUT2D eigenvalue weighted by atomic mass is 79.9. The van der Waals surface area contributed by atoms with Gasteiger partial charge in [-0.05, 0) is 71.8 Å². The molecular weight excluding hydrogens is 439 g/mol. The topological polar surface area (TPSA) is 59.9 Å². The molecule has 0 aliphatic carbocycles. The molecule has 3 aromatic carbocycles. The third-order valence-corrected chi connectivity index (χ3v) is 4.31. The predicted octanol–water partition coefficient (Wildman–Crippen LogP) is 4.70. The first kappa shape index (κ1) is 20.5. The van der Waals surface area contributed by atoms with Crippen molar-refractivity contribution in [2.45, 2.75) is 6.61 Å². The van der Waals surface area contributed by atoms with Crippen LogP contribution in [0.1, 0.15) is 11.1 Å². The van der Waals surface area contributed by atoms with Crippen molar-refractivity contribution < 1.29 is 18.7 Å². The SMILES string of the molecule is O=C(COc1ccc(Br)cc1)N/N=C\c1ccc(OCc2ccc(F)cc2)cc1. The summed E-state index contributed by atoms with van der Waals surface area (Å²) < 4.78 is 24.8. The molecule has 7 heteroatoms. The lowest BCUT2D eigenvalue weighted by Gasteiger charge is -2.06. The van der Waals surface area contributed by atoms with Crippen molar-refractivity contribution in [3.8, 4) is 11.5 Å². The molecule has 0 aromatic heterocycles. The van der Waals surface area contributed by atoms with Crippen molar-refractivity contribution in [3.05, 3.63) is 94.2 Å². The number of hydrogen-bond donors (Lipinski definition) is 1. The summed E-state index contributed by atoms with van der Waals surface area (Å²) in [6.07, 6.45) is 1.53. The molecule has 29 heavy (non-hydrogen) atoms. The van der Waals surface area contributed by atoms with Crippen molar-refractivity contribution >= 4 is 28.1 Å². The van der Waals surface area contributed by atoms with E-state index in [0.29, 0.717) is 18.1 Å². The molecule has 0 unspecified atom stereocenters. The molecule has 0 atom stereocenters. The Kier molecular flexibility index (Phi) is 7.35. The van der Waals surface area contributed by atoms with Crippen LogP contribution in [-0.4, -0.2) is 18.7 Å². The van der Waals surface area contributed by atoms with Crippen LogP contribution >= 0.6 is 15.9 Å². The minimum atomic E-state index is -0.358. The maximum atomic E-state index is 12.9. The number of halogens is 2. The fraction of sp³-hybridized carbons (Fsp3) is 0.0909. The molecule has 1 amide bonds. The van der Waals surface area contributed by atoms with E-state index in [2.05, 4.69) is 26.5 Å². The summed E-state index contributed by atoms with van der Waals surface area (Å²) in [5.74, 6) is 0.648. The lowest BCUT2D eigenvalue weighted by atomic mass is 10.2. The van der Waals surface area contributed by atoms with Crippen molar-refractivity contribution in [2.24, 2.45) is 5.10 Å². The van der Waals surface area contributed by atoms with Crippen LogP contribution in [0.15, 0.2) is 82.4 Å². The number of hydrazone groups is 1. The van der Waals surface area contributed by atoms with Gasteiger partial charge in [-0.1, -0.05) is 28.1 Å². The monoisotopic (exact) mass is 456 g/mol. The number of benzene rings is 3. The van der Waals surface area contributed by atoms with Gasteiger partial charge in [-0.3, -0.25) is 4.79 Å². The zero-order valence-electron chi connectivity index (χ0n) is 15.3. The molecular formula is C22H18BrFN2O3. The molecule has 0 saturated heterocycles. The Morgan fingerprint density at radius 3 is 2.24 bits per heavy atom. The van der Waals surface area contributed by atoms with Crippen LogP contribution in [0, 0.1) is 5.82 Å². The van der Waals surface area contributed by atoms with Crippen LogP contribution in [0.4, 0.5) is 4.39 Å². The summed E-state index contributed by atoms with van der Waals surface area (Å²) in [5, 5.41) is 3.91. The predicted molar refractivity (Wildman–Crippen MR) is 113 cm³/mol. The third kappa shape index (κ3) is 7.04. The highest BCUT2D eigenvalue weighted by Gasteiger charge is 2.01. The van der Waals surface area contributed by atoms with Gasteiger partial charge in [-0.25, -0.2) is 9.82 Å². The fourth-order valence-electron chi connectivity index (χ4n) is 2.29. The zero-order valence-corrected chi connectivity index (χ0v) is 16.9. The molecule has 0 aliphatic heterocycles. The van der Waals surface area contributed by atoms with Gasteiger partial charge in [0.15, 0.2) is 6.61 Å². The second-order valence-corrected chi connectivity index (χ2v) is 6.94. The average Bonchev–Trinajstić information content (AvgIpc) is 2.74. The first-order chi connectivity index (χ1) is 14.1. The Morgan fingerprint density at radius 2 is 1.55 bits per heavy atom. The van der Waals surface area contributed by atoms with E-state index < -0.39 is 0 Å². The van der Waals surface area contributed by atoms with Gasteiger partial charge in [0.05, 0.1) is 6.21 Å². The largest absolute Gasteiger partial charge is 0.489 e. The molecule has 0 spiro atoms. The second kappa shape index (κ2) is 10.4. The average molecular weight is 457 g/mol. The quantitative estimate of drug-likeness (QED) is 0.394. The molecule has 148 valence electrons. The summed E-state index contributed by atoms with van der Waals surface area (Å²) in [5.41, 5.74) is 4.09. The maximum absolute atomic E-state index is 12.9. The van der Waals surface area contributed by atoms with Gasteiger partial charge in [0.25, 0.3) is 5.91 Å². The molecule has 0 saturated carbocycles. The van der Waals surface area contributed by atoms with E-state index in [1.165, 1.54) is 18.3 Å². The van der Waals surface area contributed by atoms with Gasteiger partial charge >= 0.3 is 0 Å². The molecule has 3 rings (SSSR count). The number of amides is 1. The molecule has 5 nitrogen and oxygen atoms in total. The van der Waals surface area contributed by atoms with Crippen molar-refractivity contribution in [2.75, 3.05) is 6.61 Å². The summed E-state index contributed by atoms with van der Waals surface area (Å²) >= 11 is 3.33. The lowest BCUT2D eigenvalue weighted by Crippen LogP contribution is -2.24. The zero-order chi connectivity index (χ0) is 20.5. The van der Waals surface area contributed by atoms with E-state index in [1.54, 1.807) is 36.4 Å². The molecule has 0 aliphatic rings. The van der Waals surface area contributed by atoms with E-state index in [-0.39, 0.29) is 18.3 Å². The molecule has 0 heterocycles. The van der Waals surface area contributed by atoms with E-state index in [4.69, 9.17) is 9.47 Å². The smallest absolute Gasteiger partial charge is 0.277 e. The van der Waals surface area contributed by atoms with E-state index in [0.717, 1.165) is 15.6 Å². The van der Waals surface area contributed by atoms with E-state index in [9.17, 15) is 9.18 Å². The lowest BCUT2D eigenvalue weighted by molar-refractivity contribution is -0.123. The van der Waals surface area contributed by atoms with Crippen LogP contribution in [0.5, 0.6) is 11.5 Å². The second-order valence-electron chi connectivity index (χ2n) is 6.02. The van der Waals surface area contributed by atoms with Crippen LogP contribution in [0.3, 0.4) is 0 Å². The van der Waals surface area contributed by atoms with E-state index in [1.807, 2.05) is 24.3 Å². The molecule has 3 aromatic rings. The van der Waals surface area contributed by atoms with Gasteiger partial charge in [0, 0.05) is 4.47 Å². The summed E-state index contributed by atoms with van der Waals surface area (Å²) in [6, 6.07) is 20.6. The maximum Gasteiger partial charge on any atom is 0.277 e. The fourth-order valence-corrected chi connectivity index (χ4v) is 2.55. The Morgan fingerprint density at radius 1 is 0.931 bits per heavy atom. The van der Waals surface area contributed by atoms with Crippen molar-refractivity contribution in [3.63, 3.8) is 0 Å². The first-order valence-electron chi connectivity index (χ1n) is 8.76. The Labute approximate surface area is 176 Å². The van der Waals surface area contributed by atoms with Gasteiger partial charge in [-0.15, -0.1) is 0 Å². The molecule has 0 bridgehead atoms. The number of carbonyl (C=O) groups excluding carboxylic acids is 1. The number of ether oxygens (including phenoxy) is 2. The summed E-state index contributed by atoms with van der Waals surface area (Å²) in [7, 11) is 0. The van der Waals surface area contributed by atoms with Crippen molar-refractivity contribution in [1.82, 2.24) is 5.43 Å². The highest BCUT2D eigenvalue weighted by molar-refractivity contribution is 9.10. The van der Waals surface area contributed by atoms with Crippen LogP contribution < -0.4 is 14.9 Å². The highest BCUT2D eigenvalue weighted by Crippen LogP contribution is 2.16. The standard InChI is InChI=1S/C22H18BrFN2O3/c23-18-5-11-21(12-6-18)29-15-22(27)26-25-13-16-3-9-20(10-4-16)28-14-17-1-7-19(24)8-2-17/h1-13H,14-15H2,(H,26,27)/b25-13-. The van der Waals surface area contributed by atoms with Crippen molar-refractivity contribution in [1.29, 1.82) is 0 Å². The first-order valence-corrected chi connectivity index (χ1v) is 9.55.